The molecule has 1 saturated heterocycles. The molecular weight excluding hydrogens is 566 g/mol. The highest BCUT2D eigenvalue weighted by molar-refractivity contribution is 5.95. The quantitative estimate of drug-likeness (QED) is 0.212. The second kappa shape index (κ2) is 17.8. The molecule has 1 aliphatic heterocycles. The summed E-state index contributed by atoms with van der Waals surface area (Å²) in [6.45, 7) is 6.58. The number of nitrogens with zero attached hydrogens (tertiary/aromatic N) is 8. The molecule has 14 heteroatoms. The molecule has 44 heavy (non-hydrogen) atoms. The van der Waals surface area contributed by atoms with Crippen LogP contribution in [0.1, 0.15) is 18.4 Å². The van der Waals surface area contributed by atoms with Gasteiger partial charge in [-0.25, -0.2) is 9.97 Å². The Kier molecular flexibility index (Phi) is 13.5. The van der Waals surface area contributed by atoms with E-state index in [0.29, 0.717) is 87.9 Å². The third kappa shape index (κ3) is 9.05. The summed E-state index contributed by atoms with van der Waals surface area (Å²) in [4.78, 5) is 31.1. The Balaban J connectivity index is 1.88. The van der Waals surface area contributed by atoms with E-state index in [9.17, 15) is 0 Å². The maximum atomic E-state index is 5.67. The Bertz CT molecular complexity index is 1250. The van der Waals surface area contributed by atoms with E-state index in [1.54, 1.807) is 41.7 Å². The fraction of sp³-hybridized carbons (Fsp3) is 0.633. The summed E-state index contributed by atoms with van der Waals surface area (Å²) in [6.07, 6.45) is 5.61. The second-order valence-corrected chi connectivity index (χ2v) is 10.5. The van der Waals surface area contributed by atoms with Crippen molar-refractivity contribution in [3.63, 3.8) is 0 Å². The molecule has 242 valence electrons. The smallest absolute Gasteiger partial charge is 0.228 e. The number of fused-ring (bicyclic) bond motifs is 1. The SMILES string of the molecule is COCCN(CCOC)c1nc(N2CCC(OC)CC2)c2nc(N(CCOC)CCOC)nc(NCc3cccnc3)c2n1. The molecule has 0 aromatic carbocycles. The van der Waals surface area contributed by atoms with E-state index in [4.69, 9.17) is 43.6 Å². The standard InChI is InChI=1S/C30H47N9O5/c1-40-17-13-38(14-18-41-2)29-34-26-25(27(35-29)32-22-23-7-6-10-31-21-23)33-30(39(15-19-42-3)16-20-43-4)36-28(26)37-11-8-24(44-5)9-12-37/h6-7,10,21,24H,8-9,11-20,22H2,1-5H3,(H,32,34,35). The van der Waals surface area contributed by atoms with Gasteiger partial charge in [-0.2, -0.15) is 9.97 Å². The Morgan fingerprint density at radius 3 is 1.86 bits per heavy atom. The highest BCUT2D eigenvalue weighted by atomic mass is 16.5. The predicted octanol–water partition coefficient (Wildman–Crippen LogP) is 2.24. The van der Waals surface area contributed by atoms with E-state index < -0.39 is 0 Å². The molecule has 0 saturated carbocycles. The fourth-order valence-corrected chi connectivity index (χ4v) is 5.03. The molecule has 0 aliphatic carbocycles. The van der Waals surface area contributed by atoms with Gasteiger partial charge in [-0.1, -0.05) is 6.07 Å². The minimum absolute atomic E-state index is 0.221. The number of ether oxygens (including phenoxy) is 5. The maximum Gasteiger partial charge on any atom is 0.228 e. The summed E-state index contributed by atoms with van der Waals surface area (Å²) in [6, 6.07) is 3.94. The van der Waals surface area contributed by atoms with Crippen LogP contribution < -0.4 is 20.0 Å². The number of rotatable bonds is 19. The first kappa shape index (κ1) is 33.5. The molecule has 1 N–H and O–H groups in total. The van der Waals surface area contributed by atoms with Crippen molar-refractivity contribution in [3.05, 3.63) is 30.1 Å². The number of hydrogen-bond donors (Lipinski definition) is 1. The topological polar surface area (TPSA) is 132 Å². The van der Waals surface area contributed by atoms with Gasteiger partial charge < -0.3 is 43.7 Å². The van der Waals surface area contributed by atoms with Crippen molar-refractivity contribution in [2.45, 2.75) is 25.5 Å². The summed E-state index contributed by atoms with van der Waals surface area (Å²) in [5.74, 6) is 2.52. The summed E-state index contributed by atoms with van der Waals surface area (Å²) in [7, 11) is 8.53. The zero-order chi connectivity index (χ0) is 31.1. The minimum Gasteiger partial charge on any atom is -0.383 e. The van der Waals surface area contributed by atoms with Gasteiger partial charge in [0.05, 0.1) is 32.5 Å². The van der Waals surface area contributed by atoms with Gasteiger partial charge in [0.25, 0.3) is 0 Å². The van der Waals surface area contributed by atoms with Crippen molar-refractivity contribution in [2.75, 3.05) is 121 Å². The Morgan fingerprint density at radius 2 is 1.34 bits per heavy atom. The first-order valence-corrected chi connectivity index (χ1v) is 15.1. The lowest BCUT2D eigenvalue weighted by molar-refractivity contribution is 0.0818. The third-order valence-electron chi connectivity index (χ3n) is 7.59. The highest BCUT2D eigenvalue weighted by Crippen LogP contribution is 2.33. The molecule has 0 unspecified atom stereocenters. The largest absolute Gasteiger partial charge is 0.383 e. The van der Waals surface area contributed by atoms with Crippen LogP contribution >= 0.6 is 0 Å². The number of aromatic nitrogens is 5. The lowest BCUT2D eigenvalue weighted by Crippen LogP contribution is -2.38. The molecule has 0 radical (unpaired) electrons. The Morgan fingerprint density at radius 1 is 0.773 bits per heavy atom. The van der Waals surface area contributed by atoms with E-state index in [-0.39, 0.29) is 6.10 Å². The number of hydrogen-bond acceptors (Lipinski definition) is 14. The van der Waals surface area contributed by atoms with Crippen molar-refractivity contribution < 1.29 is 23.7 Å². The van der Waals surface area contributed by atoms with Gasteiger partial charge in [0.1, 0.15) is 11.0 Å². The predicted molar refractivity (Wildman–Crippen MR) is 171 cm³/mol. The van der Waals surface area contributed by atoms with Crippen molar-refractivity contribution in [1.82, 2.24) is 24.9 Å². The van der Waals surface area contributed by atoms with Crippen LogP contribution in [0.3, 0.4) is 0 Å². The molecule has 3 aromatic rings. The van der Waals surface area contributed by atoms with E-state index in [1.807, 2.05) is 18.3 Å². The van der Waals surface area contributed by atoms with Crippen LogP contribution in [0.4, 0.5) is 23.5 Å². The van der Waals surface area contributed by atoms with Gasteiger partial charge in [-0.05, 0) is 24.5 Å². The van der Waals surface area contributed by atoms with Gasteiger partial charge in [0, 0.05) is 93.8 Å². The molecule has 14 nitrogen and oxygen atoms in total. The highest BCUT2D eigenvalue weighted by Gasteiger charge is 2.27. The number of piperidine rings is 1. The molecule has 0 bridgehead atoms. The van der Waals surface area contributed by atoms with Crippen LogP contribution in [-0.4, -0.2) is 132 Å². The van der Waals surface area contributed by atoms with Crippen LogP contribution in [0, 0.1) is 0 Å². The molecular formula is C30H47N9O5. The monoisotopic (exact) mass is 613 g/mol. The number of pyridine rings is 1. The molecule has 4 heterocycles. The number of anilines is 4. The Hall–Kier alpha value is -3.43. The van der Waals surface area contributed by atoms with Crippen LogP contribution in [0.25, 0.3) is 11.0 Å². The van der Waals surface area contributed by atoms with Crippen molar-refractivity contribution in [2.24, 2.45) is 0 Å². The summed E-state index contributed by atoms with van der Waals surface area (Å²) in [5, 5.41) is 3.53. The lowest BCUT2D eigenvalue weighted by Gasteiger charge is -2.33. The third-order valence-corrected chi connectivity index (χ3v) is 7.59. The van der Waals surface area contributed by atoms with Gasteiger partial charge in [0.15, 0.2) is 11.6 Å². The van der Waals surface area contributed by atoms with Crippen molar-refractivity contribution >= 4 is 34.6 Å². The van der Waals surface area contributed by atoms with E-state index in [0.717, 1.165) is 37.3 Å². The van der Waals surface area contributed by atoms with Crippen LogP contribution in [0.2, 0.25) is 0 Å². The van der Waals surface area contributed by atoms with Crippen molar-refractivity contribution in [3.8, 4) is 0 Å². The maximum absolute atomic E-state index is 5.67. The minimum atomic E-state index is 0.221. The van der Waals surface area contributed by atoms with E-state index in [1.165, 1.54) is 0 Å². The van der Waals surface area contributed by atoms with Crippen LogP contribution in [-0.2, 0) is 30.2 Å². The lowest BCUT2D eigenvalue weighted by atomic mass is 10.1. The molecule has 3 aromatic heterocycles. The molecule has 4 rings (SSSR count). The molecule has 0 amide bonds. The first-order chi connectivity index (χ1) is 21.6. The summed E-state index contributed by atoms with van der Waals surface area (Å²) >= 11 is 0. The first-order valence-electron chi connectivity index (χ1n) is 15.1. The average molecular weight is 614 g/mol. The summed E-state index contributed by atoms with van der Waals surface area (Å²) < 4.78 is 27.3. The number of nitrogens with one attached hydrogen (secondary N) is 1. The Labute approximate surface area is 260 Å². The van der Waals surface area contributed by atoms with Gasteiger partial charge >= 0.3 is 0 Å². The molecule has 0 spiro atoms. The van der Waals surface area contributed by atoms with E-state index >= 15 is 0 Å². The second-order valence-electron chi connectivity index (χ2n) is 10.5. The van der Waals surface area contributed by atoms with Crippen LogP contribution in [0.5, 0.6) is 0 Å². The zero-order valence-electron chi connectivity index (χ0n) is 26.7. The number of methoxy groups -OCH3 is 5. The molecule has 0 atom stereocenters. The normalized spacial score (nSPS) is 13.9. The van der Waals surface area contributed by atoms with Gasteiger partial charge in [-0.3, -0.25) is 4.98 Å². The average Bonchev–Trinajstić information content (AvgIpc) is 3.07. The van der Waals surface area contributed by atoms with Crippen molar-refractivity contribution in [1.29, 1.82) is 0 Å². The summed E-state index contributed by atoms with van der Waals surface area (Å²) in [5.41, 5.74) is 2.35. The fourth-order valence-electron chi connectivity index (χ4n) is 5.03. The molecule has 1 fully saturated rings. The van der Waals surface area contributed by atoms with E-state index in [2.05, 4.69) is 25.0 Å². The zero-order valence-corrected chi connectivity index (χ0v) is 26.7. The van der Waals surface area contributed by atoms with Gasteiger partial charge in [0.2, 0.25) is 11.9 Å². The van der Waals surface area contributed by atoms with Gasteiger partial charge in [-0.15, -0.1) is 0 Å². The van der Waals surface area contributed by atoms with Crippen LogP contribution in [0.15, 0.2) is 24.5 Å². The molecule has 1 aliphatic rings.